The van der Waals surface area contributed by atoms with E-state index in [1.54, 1.807) is 0 Å². The number of amides is 1. The van der Waals surface area contributed by atoms with Crippen LogP contribution in [-0.4, -0.2) is 32.9 Å². The quantitative estimate of drug-likeness (QED) is 0.349. The largest absolute Gasteiger partial charge is 0.416 e. The van der Waals surface area contributed by atoms with Gasteiger partial charge >= 0.3 is 12.4 Å². The summed E-state index contributed by atoms with van der Waals surface area (Å²) in [6, 6.07) is 2.42. The summed E-state index contributed by atoms with van der Waals surface area (Å²) >= 11 is 0. The second kappa shape index (κ2) is 9.90. The summed E-state index contributed by atoms with van der Waals surface area (Å²) in [5, 5.41) is 8.30. The fourth-order valence-corrected chi connectivity index (χ4v) is 4.26. The van der Waals surface area contributed by atoms with Crippen molar-refractivity contribution in [2.24, 2.45) is 0 Å². The summed E-state index contributed by atoms with van der Waals surface area (Å²) in [5.41, 5.74) is -4.10. The molecule has 4 N–H and O–H groups in total. The number of carbonyl (C=O) groups is 1. The minimum atomic E-state index is -5.04. The van der Waals surface area contributed by atoms with Crippen molar-refractivity contribution < 1.29 is 31.1 Å². The molecule has 2 heterocycles. The van der Waals surface area contributed by atoms with E-state index in [-0.39, 0.29) is 46.7 Å². The normalized spacial score (nSPS) is 18.5. The zero-order chi connectivity index (χ0) is 27.0. The number of nitrogens with zero attached hydrogens (tertiary/aromatic N) is 2. The summed E-state index contributed by atoms with van der Waals surface area (Å²) in [6.45, 7) is 1.44. The number of benzene rings is 1. The molecule has 3 aromatic rings. The molecule has 0 atom stereocenters. The Hall–Kier alpha value is -3.84. The van der Waals surface area contributed by atoms with Crippen LogP contribution < -0.4 is 21.5 Å². The van der Waals surface area contributed by atoms with Crippen LogP contribution in [0.3, 0.4) is 0 Å². The molecule has 2 aromatic heterocycles. The molecular weight excluding hydrogens is 506 g/mol. The molecule has 0 aliphatic heterocycles. The van der Waals surface area contributed by atoms with Gasteiger partial charge in [-0.05, 0) is 49.9 Å². The monoisotopic (exact) mass is 528 g/mol. The fraction of sp³-hybridized carbons (Fsp3) is 0.391. The maximum absolute atomic E-state index is 13.3. The number of aromatic amines is 1. The molecule has 1 saturated carbocycles. The maximum atomic E-state index is 13.3. The molecule has 1 aromatic carbocycles. The molecule has 0 spiro atoms. The summed E-state index contributed by atoms with van der Waals surface area (Å²) in [5.74, 6) is -0.334. The van der Waals surface area contributed by atoms with Crippen LogP contribution in [0, 0.1) is 0 Å². The fourth-order valence-electron chi connectivity index (χ4n) is 4.26. The van der Waals surface area contributed by atoms with E-state index >= 15 is 0 Å². The van der Waals surface area contributed by atoms with Gasteiger partial charge in [0.1, 0.15) is 11.2 Å². The number of aromatic nitrogens is 3. The second-order valence-corrected chi connectivity index (χ2v) is 8.78. The third-order valence-electron chi connectivity index (χ3n) is 5.94. The van der Waals surface area contributed by atoms with E-state index in [4.69, 9.17) is 0 Å². The first kappa shape index (κ1) is 26.2. The van der Waals surface area contributed by atoms with Crippen molar-refractivity contribution in [3.05, 3.63) is 51.9 Å². The van der Waals surface area contributed by atoms with Crippen LogP contribution in [0.1, 0.15) is 43.7 Å². The molecule has 4 rings (SSSR count). The number of rotatable bonds is 5. The maximum Gasteiger partial charge on any atom is 0.416 e. The van der Waals surface area contributed by atoms with Crippen LogP contribution in [0.25, 0.3) is 10.9 Å². The first-order chi connectivity index (χ1) is 17.3. The highest BCUT2D eigenvalue weighted by atomic mass is 19.4. The van der Waals surface area contributed by atoms with Crippen LogP contribution >= 0.6 is 0 Å². The summed E-state index contributed by atoms with van der Waals surface area (Å²) < 4.78 is 79.8. The standard InChI is InChI=1S/C23H22F6N6O2/c1-11(36)31-14-2-4-15(5-3-14)33-21-34-17-6-7-30-20(37)18(17)19(35-21)32-16-9-12(22(24,25)26)8-13(10-16)23(27,28)29/h6-10,14-15H,2-5H2,1H3,(H,30,37)(H,31,36)(H2,32,33,34,35). The SMILES string of the molecule is CC(=O)NC1CCC(Nc2nc(Nc3cc(C(F)(F)F)cc(C(F)(F)F)c3)c3c(=O)[nH]ccc3n2)CC1. The van der Waals surface area contributed by atoms with Crippen molar-refractivity contribution in [2.45, 2.75) is 57.0 Å². The lowest BCUT2D eigenvalue weighted by Crippen LogP contribution is -2.39. The van der Waals surface area contributed by atoms with Gasteiger partial charge in [0.05, 0.1) is 16.6 Å². The van der Waals surface area contributed by atoms with Crippen LogP contribution in [-0.2, 0) is 17.1 Å². The number of anilines is 3. The molecule has 37 heavy (non-hydrogen) atoms. The van der Waals surface area contributed by atoms with Crippen molar-refractivity contribution in [2.75, 3.05) is 10.6 Å². The molecular formula is C23H22F6N6O2. The second-order valence-electron chi connectivity index (χ2n) is 8.78. The number of fused-ring (bicyclic) bond motifs is 1. The molecule has 1 fully saturated rings. The molecule has 14 heteroatoms. The van der Waals surface area contributed by atoms with Crippen LogP contribution in [0.4, 0.5) is 43.8 Å². The summed E-state index contributed by atoms with van der Waals surface area (Å²) in [4.78, 5) is 34.7. The van der Waals surface area contributed by atoms with Crippen molar-refractivity contribution in [1.29, 1.82) is 0 Å². The first-order valence-electron chi connectivity index (χ1n) is 11.3. The molecule has 198 valence electrons. The van der Waals surface area contributed by atoms with Gasteiger partial charge < -0.3 is 20.9 Å². The zero-order valence-electron chi connectivity index (χ0n) is 19.3. The summed E-state index contributed by atoms with van der Waals surface area (Å²) in [6.07, 6.45) is -6.05. The van der Waals surface area contributed by atoms with Gasteiger partial charge in [-0.3, -0.25) is 9.59 Å². The average molecular weight is 528 g/mol. The molecule has 0 bridgehead atoms. The number of H-pyrrole nitrogens is 1. The van der Waals surface area contributed by atoms with E-state index in [0.29, 0.717) is 37.8 Å². The van der Waals surface area contributed by atoms with Gasteiger partial charge in [0.25, 0.3) is 5.56 Å². The van der Waals surface area contributed by atoms with Crippen LogP contribution in [0.5, 0.6) is 0 Å². The van der Waals surface area contributed by atoms with E-state index in [9.17, 15) is 35.9 Å². The van der Waals surface area contributed by atoms with Crippen molar-refractivity contribution in [3.8, 4) is 0 Å². The third kappa shape index (κ3) is 6.30. The highest BCUT2D eigenvalue weighted by Gasteiger charge is 2.37. The Morgan fingerprint density at radius 3 is 2.11 bits per heavy atom. The number of hydrogen-bond donors (Lipinski definition) is 4. The number of carbonyl (C=O) groups excluding carboxylic acids is 1. The van der Waals surface area contributed by atoms with Crippen molar-refractivity contribution >= 4 is 34.3 Å². The molecule has 0 unspecified atom stereocenters. The number of nitrogens with one attached hydrogen (secondary N) is 4. The van der Waals surface area contributed by atoms with Crippen LogP contribution in [0.2, 0.25) is 0 Å². The Morgan fingerprint density at radius 1 is 0.946 bits per heavy atom. The van der Waals surface area contributed by atoms with E-state index in [0.717, 1.165) is 0 Å². The highest BCUT2D eigenvalue weighted by molar-refractivity contribution is 5.91. The number of halogens is 6. The molecule has 1 aliphatic carbocycles. The van der Waals surface area contributed by atoms with Crippen molar-refractivity contribution in [3.63, 3.8) is 0 Å². The minimum absolute atomic E-state index is 0.0142. The lowest BCUT2D eigenvalue weighted by molar-refractivity contribution is -0.143. The van der Waals surface area contributed by atoms with E-state index in [1.807, 2.05) is 0 Å². The Morgan fingerprint density at radius 2 is 1.54 bits per heavy atom. The average Bonchev–Trinajstić information content (AvgIpc) is 2.78. The predicted octanol–water partition coefficient (Wildman–Crippen LogP) is 4.96. The molecule has 8 nitrogen and oxygen atoms in total. The Labute approximate surface area is 205 Å². The predicted molar refractivity (Wildman–Crippen MR) is 123 cm³/mol. The smallest absolute Gasteiger partial charge is 0.354 e. The Balaban J connectivity index is 1.68. The first-order valence-corrected chi connectivity index (χ1v) is 11.3. The van der Waals surface area contributed by atoms with Gasteiger partial charge in [-0.15, -0.1) is 0 Å². The molecule has 0 saturated heterocycles. The number of hydrogen-bond acceptors (Lipinski definition) is 6. The van der Waals surface area contributed by atoms with Crippen LogP contribution in [0.15, 0.2) is 35.3 Å². The van der Waals surface area contributed by atoms with Crippen molar-refractivity contribution in [1.82, 2.24) is 20.3 Å². The molecule has 1 amide bonds. The van der Waals surface area contributed by atoms with Gasteiger partial charge in [-0.25, -0.2) is 4.98 Å². The van der Waals surface area contributed by atoms with Gasteiger partial charge in [0, 0.05) is 30.9 Å². The third-order valence-corrected chi connectivity index (χ3v) is 5.94. The zero-order valence-corrected chi connectivity index (χ0v) is 19.3. The topological polar surface area (TPSA) is 112 Å². The van der Waals surface area contributed by atoms with Gasteiger partial charge in [-0.1, -0.05) is 0 Å². The lowest BCUT2D eigenvalue weighted by atomic mass is 9.91. The van der Waals surface area contributed by atoms with Gasteiger partial charge in [0.2, 0.25) is 11.9 Å². The van der Waals surface area contributed by atoms with E-state index < -0.39 is 34.7 Å². The van der Waals surface area contributed by atoms with Gasteiger partial charge in [0.15, 0.2) is 0 Å². The lowest BCUT2D eigenvalue weighted by Gasteiger charge is -2.29. The minimum Gasteiger partial charge on any atom is -0.354 e. The Bertz CT molecular complexity index is 1330. The van der Waals surface area contributed by atoms with E-state index in [2.05, 4.69) is 30.9 Å². The Kier molecular flexibility index (Phi) is 7.02. The summed E-state index contributed by atoms with van der Waals surface area (Å²) in [7, 11) is 0. The molecule has 0 radical (unpaired) electrons. The van der Waals surface area contributed by atoms with Gasteiger partial charge in [-0.2, -0.15) is 31.3 Å². The highest BCUT2D eigenvalue weighted by Crippen LogP contribution is 2.38. The van der Waals surface area contributed by atoms with E-state index in [1.165, 1.54) is 19.2 Å². The number of pyridine rings is 1. The molecule has 1 aliphatic rings. The number of alkyl halides is 6.